The van der Waals surface area contributed by atoms with Crippen LogP contribution in [0.4, 0.5) is 0 Å². The van der Waals surface area contributed by atoms with E-state index in [9.17, 15) is 4.79 Å². The lowest BCUT2D eigenvalue weighted by molar-refractivity contribution is -0.126. The number of unbranched alkanes of at least 4 members (excludes halogenated alkanes) is 14. The molecule has 168 valence electrons. The lowest BCUT2D eigenvalue weighted by Crippen LogP contribution is -2.19. The van der Waals surface area contributed by atoms with E-state index in [0.29, 0.717) is 5.78 Å². The first-order valence-electron chi connectivity index (χ1n) is 12.3. The van der Waals surface area contributed by atoms with Crippen molar-refractivity contribution in [1.82, 2.24) is 0 Å². The smallest absolute Gasteiger partial charge is 0.138 e. The summed E-state index contributed by atoms with van der Waals surface area (Å²) in [7, 11) is 0. The predicted molar refractivity (Wildman–Crippen MR) is 134 cm³/mol. The van der Waals surface area contributed by atoms with Crippen LogP contribution in [-0.4, -0.2) is 16.4 Å². The highest BCUT2D eigenvalue weighted by Gasteiger charge is 2.19. The largest absolute Gasteiger partial charge is 0.299 e. The zero-order valence-corrected chi connectivity index (χ0v) is 22.1. The average Bonchev–Trinajstić information content (AvgIpc) is 2.70. The van der Waals surface area contributed by atoms with Crippen LogP contribution in [0.15, 0.2) is 0 Å². The van der Waals surface area contributed by atoms with Gasteiger partial charge < -0.3 is 0 Å². The molecular weight excluding hydrogens is 476 g/mol. The van der Waals surface area contributed by atoms with Crippen LogP contribution in [0.3, 0.4) is 0 Å². The molecule has 0 N–H and O–H groups in total. The number of carbonyl (C=O) groups is 1. The van der Waals surface area contributed by atoms with Crippen LogP contribution in [0.2, 0.25) is 0 Å². The van der Waals surface area contributed by atoms with E-state index in [1.165, 1.54) is 103 Å². The molecular formula is C25H48Br2O. The van der Waals surface area contributed by atoms with Crippen LogP contribution >= 0.6 is 31.9 Å². The first kappa shape index (κ1) is 28.6. The summed E-state index contributed by atoms with van der Waals surface area (Å²) in [5.41, 5.74) is 0. The van der Waals surface area contributed by atoms with Gasteiger partial charge in [-0.1, -0.05) is 136 Å². The first-order valence-corrected chi connectivity index (χ1v) is 14.5. The van der Waals surface area contributed by atoms with Gasteiger partial charge in [-0.15, -0.1) is 0 Å². The van der Waals surface area contributed by atoms with E-state index in [-0.39, 0.29) is 11.8 Å². The lowest BCUT2D eigenvalue weighted by Gasteiger charge is -2.16. The normalized spacial score (nSPS) is 13.6. The predicted octanol–water partition coefficient (Wildman–Crippen LogP) is 9.64. The van der Waals surface area contributed by atoms with Gasteiger partial charge in [-0.2, -0.15) is 0 Å². The summed E-state index contributed by atoms with van der Waals surface area (Å²) in [6.07, 6.45) is 23.6. The Morgan fingerprint density at radius 2 is 0.750 bits per heavy atom. The van der Waals surface area contributed by atoms with Gasteiger partial charge in [0.05, 0.1) is 0 Å². The number of halogens is 2. The van der Waals surface area contributed by atoms with Gasteiger partial charge in [-0.05, 0) is 25.7 Å². The van der Waals surface area contributed by atoms with Crippen LogP contribution in [0.1, 0.15) is 129 Å². The minimum Gasteiger partial charge on any atom is -0.299 e. The number of Topliss-reactive ketones (excluding diaryl/α,β-unsaturated/α-hetero) is 1. The van der Waals surface area contributed by atoms with Crippen LogP contribution in [0, 0.1) is 11.8 Å². The third-order valence-electron chi connectivity index (χ3n) is 6.01. The van der Waals surface area contributed by atoms with Gasteiger partial charge in [0.25, 0.3) is 0 Å². The van der Waals surface area contributed by atoms with Gasteiger partial charge in [-0.3, -0.25) is 4.79 Å². The van der Waals surface area contributed by atoms with E-state index in [1.807, 2.05) is 0 Å². The average molecular weight is 524 g/mol. The summed E-state index contributed by atoms with van der Waals surface area (Å²) in [5, 5.41) is 2.30. The van der Waals surface area contributed by atoms with Crippen molar-refractivity contribution in [1.29, 1.82) is 0 Å². The molecule has 0 heterocycles. The minimum absolute atomic E-state index is 0.267. The van der Waals surface area contributed by atoms with Gasteiger partial charge in [0.15, 0.2) is 0 Å². The zero-order chi connectivity index (χ0) is 20.9. The molecule has 1 nitrogen and oxygen atoms in total. The third-order valence-corrected chi connectivity index (χ3v) is 7.13. The second-order valence-corrected chi connectivity index (χ2v) is 10.4. The van der Waals surface area contributed by atoms with E-state index in [1.54, 1.807) is 0 Å². The molecule has 0 amide bonds. The highest BCUT2D eigenvalue weighted by molar-refractivity contribution is 9.09. The topological polar surface area (TPSA) is 17.1 Å². The Hall–Kier alpha value is 0.630. The molecule has 0 aromatic rings. The standard InChI is InChI=1S/C25H48Br2O/c1-23(19-15-11-7-3-5-9-13-17-21-26)25(28)24(2)20-16-12-8-4-6-10-14-18-22-27/h23-24H,3-22H2,1-2H3. The maximum atomic E-state index is 12.6. The van der Waals surface area contributed by atoms with Gasteiger partial charge in [0.2, 0.25) is 0 Å². The summed E-state index contributed by atoms with van der Waals surface area (Å²) in [6, 6.07) is 0. The van der Waals surface area contributed by atoms with Crippen molar-refractivity contribution in [3.63, 3.8) is 0 Å². The fourth-order valence-electron chi connectivity index (χ4n) is 3.98. The molecule has 0 radical (unpaired) electrons. The van der Waals surface area contributed by atoms with Crippen molar-refractivity contribution in [3.8, 4) is 0 Å². The van der Waals surface area contributed by atoms with Crippen LogP contribution in [-0.2, 0) is 4.79 Å². The van der Waals surface area contributed by atoms with Gasteiger partial charge in [0.1, 0.15) is 5.78 Å². The van der Waals surface area contributed by atoms with Crippen molar-refractivity contribution >= 4 is 37.6 Å². The molecule has 0 spiro atoms. The summed E-state index contributed by atoms with van der Waals surface area (Å²) in [4.78, 5) is 12.6. The zero-order valence-electron chi connectivity index (χ0n) is 19.0. The SMILES string of the molecule is CC(CCCCCCCCCCBr)C(=O)C(C)CCCCCCCCCCBr. The Balaban J connectivity index is 3.51. The highest BCUT2D eigenvalue weighted by atomic mass is 79.9. The van der Waals surface area contributed by atoms with Crippen molar-refractivity contribution in [2.24, 2.45) is 11.8 Å². The Kier molecular flexibility index (Phi) is 22.8. The summed E-state index contributed by atoms with van der Waals surface area (Å²) < 4.78 is 0. The number of hydrogen-bond donors (Lipinski definition) is 0. The second-order valence-electron chi connectivity index (χ2n) is 8.82. The molecule has 0 aromatic heterocycles. The van der Waals surface area contributed by atoms with Crippen LogP contribution < -0.4 is 0 Å². The molecule has 0 aromatic carbocycles. The molecule has 28 heavy (non-hydrogen) atoms. The lowest BCUT2D eigenvalue weighted by atomic mass is 9.88. The monoisotopic (exact) mass is 522 g/mol. The Labute approximate surface area is 193 Å². The first-order chi connectivity index (χ1) is 13.6. The molecule has 3 heteroatoms. The van der Waals surface area contributed by atoms with Crippen molar-refractivity contribution in [3.05, 3.63) is 0 Å². The molecule has 0 bridgehead atoms. The van der Waals surface area contributed by atoms with Crippen molar-refractivity contribution in [2.75, 3.05) is 10.7 Å². The van der Waals surface area contributed by atoms with E-state index in [4.69, 9.17) is 0 Å². The second kappa shape index (κ2) is 22.3. The summed E-state index contributed by atoms with van der Waals surface area (Å²) >= 11 is 6.98. The molecule has 0 fully saturated rings. The number of alkyl halides is 2. The molecule has 2 unspecified atom stereocenters. The molecule has 0 rings (SSSR count). The summed E-state index contributed by atoms with van der Waals surface area (Å²) in [6.45, 7) is 4.32. The molecule has 0 saturated heterocycles. The van der Waals surface area contributed by atoms with Gasteiger partial charge in [0, 0.05) is 22.5 Å². The summed E-state index contributed by atoms with van der Waals surface area (Å²) in [5.74, 6) is 1.05. The number of carbonyl (C=O) groups excluding carboxylic acids is 1. The van der Waals surface area contributed by atoms with Crippen molar-refractivity contribution < 1.29 is 4.79 Å². The Bertz CT molecular complexity index is 303. The van der Waals surface area contributed by atoms with Gasteiger partial charge >= 0.3 is 0 Å². The number of ketones is 1. The van der Waals surface area contributed by atoms with E-state index in [0.717, 1.165) is 23.5 Å². The fraction of sp³-hybridized carbons (Fsp3) is 0.960. The minimum atomic E-state index is 0.267. The third kappa shape index (κ3) is 18.6. The Morgan fingerprint density at radius 3 is 1.04 bits per heavy atom. The quantitative estimate of drug-likeness (QED) is 0.102. The number of rotatable bonds is 22. The highest BCUT2D eigenvalue weighted by Crippen LogP contribution is 2.20. The number of hydrogen-bond acceptors (Lipinski definition) is 1. The van der Waals surface area contributed by atoms with E-state index < -0.39 is 0 Å². The van der Waals surface area contributed by atoms with E-state index >= 15 is 0 Å². The molecule has 2 atom stereocenters. The van der Waals surface area contributed by atoms with Crippen molar-refractivity contribution in [2.45, 2.75) is 129 Å². The van der Waals surface area contributed by atoms with Gasteiger partial charge in [-0.25, -0.2) is 0 Å². The fourth-order valence-corrected chi connectivity index (χ4v) is 4.77. The Morgan fingerprint density at radius 1 is 0.500 bits per heavy atom. The van der Waals surface area contributed by atoms with Crippen LogP contribution in [0.5, 0.6) is 0 Å². The molecule has 0 aliphatic carbocycles. The van der Waals surface area contributed by atoms with E-state index in [2.05, 4.69) is 45.7 Å². The molecule has 0 aliphatic heterocycles. The molecule has 0 aliphatic rings. The van der Waals surface area contributed by atoms with Crippen LogP contribution in [0.25, 0.3) is 0 Å². The maximum absolute atomic E-state index is 12.6. The molecule has 0 saturated carbocycles. The maximum Gasteiger partial charge on any atom is 0.138 e.